The van der Waals surface area contributed by atoms with Crippen molar-refractivity contribution in [3.05, 3.63) is 74.7 Å². The zero-order valence-corrected chi connectivity index (χ0v) is 34.3. The highest BCUT2D eigenvalue weighted by atomic mass is 32.2. The molecule has 10 nitrogen and oxygen atoms in total. The third kappa shape index (κ3) is 9.81. The van der Waals surface area contributed by atoms with E-state index < -0.39 is 10.0 Å². The summed E-state index contributed by atoms with van der Waals surface area (Å²) in [5.41, 5.74) is 8.85. The van der Waals surface area contributed by atoms with Gasteiger partial charge in [-0.25, -0.2) is 17.7 Å². The summed E-state index contributed by atoms with van der Waals surface area (Å²) < 4.78 is 45.6. The molecule has 6 rings (SSSR count). The lowest BCUT2D eigenvalue weighted by Crippen LogP contribution is -2.38. The van der Waals surface area contributed by atoms with Gasteiger partial charge in [-0.15, -0.1) is 0 Å². The number of carbonyl (C=O) groups is 2. The molecule has 2 aromatic heterocycles. The van der Waals surface area contributed by atoms with Gasteiger partial charge in [0.05, 0.1) is 19.1 Å². The van der Waals surface area contributed by atoms with Crippen molar-refractivity contribution < 1.29 is 32.2 Å². The van der Waals surface area contributed by atoms with E-state index >= 15 is 0 Å². The van der Waals surface area contributed by atoms with E-state index in [1.54, 1.807) is 0 Å². The van der Waals surface area contributed by atoms with Gasteiger partial charge in [-0.1, -0.05) is 12.1 Å². The van der Waals surface area contributed by atoms with E-state index in [2.05, 4.69) is 30.7 Å². The van der Waals surface area contributed by atoms with Crippen molar-refractivity contribution in [3.63, 3.8) is 0 Å². The van der Waals surface area contributed by atoms with E-state index in [-0.39, 0.29) is 17.5 Å². The molecule has 1 aliphatic carbocycles. The van der Waals surface area contributed by atoms with Crippen molar-refractivity contribution in [2.24, 2.45) is 0 Å². The number of ether oxygens (including phenoxy) is 3. The largest absolute Gasteiger partial charge is 0.487 e. The van der Waals surface area contributed by atoms with E-state index in [1.807, 2.05) is 32.9 Å². The molecule has 0 amide bonds. The third-order valence-corrected chi connectivity index (χ3v) is 13.2. The third-order valence-electron chi connectivity index (χ3n) is 11.1. The van der Waals surface area contributed by atoms with Crippen LogP contribution in [0.5, 0.6) is 5.75 Å². The maximum Gasteiger partial charge on any atom is 0.305 e. The lowest BCUT2D eigenvalue weighted by molar-refractivity contribution is -0.141. The van der Waals surface area contributed by atoms with Crippen LogP contribution in [0.2, 0.25) is 0 Å². The number of aromatic nitrogens is 2. The number of nitrogens with zero attached hydrogens (tertiary/aromatic N) is 3. The fourth-order valence-electron chi connectivity index (χ4n) is 7.79. The molecule has 0 spiro atoms. The van der Waals surface area contributed by atoms with Crippen molar-refractivity contribution >= 4 is 27.8 Å². The average Bonchev–Trinajstić information content (AvgIpc) is 3.16. The zero-order chi connectivity index (χ0) is 39.0. The summed E-state index contributed by atoms with van der Waals surface area (Å²) in [6.07, 6.45) is 14.0. The van der Waals surface area contributed by atoms with Crippen LogP contribution in [0.25, 0.3) is 0 Å². The number of hydrogen-bond acceptors (Lipinski definition) is 9. The number of pyridine rings is 2. The van der Waals surface area contributed by atoms with Gasteiger partial charge in [0, 0.05) is 36.5 Å². The van der Waals surface area contributed by atoms with E-state index in [0.717, 1.165) is 97.0 Å². The molecule has 294 valence electrons. The van der Waals surface area contributed by atoms with Crippen LogP contribution >= 0.6 is 0 Å². The number of methoxy groups -OCH3 is 2. The molecule has 0 unspecified atom stereocenters. The van der Waals surface area contributed by atoms with Gasteiger partial charge in [0.1, 0.15) is 17.2 Å². The van der Waals surface area contributed by atoms with Crippen LogP contribution in [0.15, 0.2) is 29.2 Å². The highest BCUT2D eigenvalue weighted by Crippen LogP contribution is 2.44. The first-order valence-corrected chi connectivity index (χ1v) is 21.1. The minimum Gasteiger partial charge on any atom is -0.487 e. The summed E-state index contributed by atoms with van der Waals surface area (Å²) in [5.74, 6) is 1.05. The number of aryl methyl sites for hydroxylation is 5. The smallest absolute Gasteiger partial charge is 0.305 e. The minimum absolute atomic E-state index is 0.117. The first kappa shape index (κ1) is 41.2. The number of sulfonamides is 1. The van der Waals surface area contributed by atoms with Crippen molar-refractivity contribution in [1.29, 1.82) is 0 Å². The van der Waals surface area contributed by atoms with Crippen LogP contribution in [-0.4, -0.2) is 56.7 Å². The zero-order valence-electron chi connectivity index (χ0n) is 33.4. The molecule has 0 bridgehead atoms. The summed E-state index contributed by atoms with van der Waals surface area (Å²) in [4.78, 5) is 32.3. The lowest BCUT2D eigenvalue weighted by Gasteiger charge is -2.36. The lowest BCUT2D eigenvalue weighted by atomic mass is 9.88. The number of rotatable bonds is 12. The predicted molar refractivity (Wildman–Crippen MR) is 211 cm³/mol. The Hall–Kier alpha value is -3.99. The van der Waals surface area contributed by atoms with Gasteiger partial charge in [-0.3, -0.25) is 14.6 Å². The number of hydrogen-bond donors (Lipinski definition) is 0. The minimum atomic E-state index is -3.82. The molecule has 0 atom stereocenters. The molecule has 4 heterocycles. The van der Waals surface area contributed by atoms with E-state index in [4.69, 9.17) is 19.4 Å². The molecule has 3 aromatic rings. The predicted octanol–water partition coefficient (Wildman–Crippen LogP) is 7.98. The summed E-state index contributed by atoms with van der Waals surface area (Å²) in [6, 6.07) is 8.36. The monoisotopic (exact) mass is 761 g/mol. The molecular formula is C43H59N3O7S. The van der Waals surface area contributed by atoms with Crippen LogP contribution in [0.4, 0.5) is 5.82 Å². The molecular weight excluding hydrogens is 703 g/mol. The van der Waals surface area contributed by atoms with Gasteiger partial charge in [-0.2, -0.15) is 0 Å². The van der Waals surface area contributed by atoms with Crippen LogP contribution in [0.3, 0.4) is 0 Å². The molecule has 0 saturated carbocycles. The van der Waals surface area contributed by atoms with Crippen LogP contribution in [-0.2, 0) is 67.6 Å². The number of anilines is 1. The van der Waals surface area contributed by atoms with Crippen LogP contribution in [0.1, 0.15) is 129 Å². The van der Waals surface area contributed by atoms with E-state index in [1.165, 1.54) is 54.7 Å². The van der Waals surface area contributed by atoms with Gasteiger partial charge in [0.15, 0.2) is 0 Å². The molecule has 0 saturated heterocycles. The molecule has 54 heavy (non-hydrogen) atoms. The maximum absolute atomic E-state index is 14.2. The second-order valence-electron chi connectivity index (χ2n) is 15.5. The Morgan fingerprint density at radius 1 is 0.759 bits per heavy atom. The topological polar surface area (TPSA) is 125 Å². The fraction of sp³-hybridized carbons (Fsp3) is 0.581. The normalized spacial score (nSPS) is 15.8. The standard InChI is InChI=1S/C28H38N2O5S.C15H21NO2/c1-18-19(2)26(20(3)23-15-16-28(4,5)35-25(18)23)36(32,33)30-17-9-10-21-13-14-22(29-27(21)30)11-7-8-12-24(31)34-6;1-18-15(17)9-5-3-7-13-11-10-12-6-2-4-8-14(12)16-13/h13-14H,7-12,15-17H2,1-6H3;10-11H,2-9H2,1H3. The van der Waals surface area contributed by atoms with Gasteiger partial charge in [-0.05, 0) is 170 Å². The van der Waals surface area contributed by atoms with Gasteiger partial charge in [0.25, 0.3) is 10.0 Å². The summed E-state index contributed by atoms with van der Waals surface area (Å²) in [5, 5.41) is 0. The van der Waals surface area contributed by atoms with Gasteiger partial charge < -0.3 is 14.2 Å². The average molecular weight is 762 g/mol. The SMILES string of the molecule is COC(=O)CCCCc1ccc2c(n1)CCCC2.COC(=O)CCCCc1ccc2c(n1)N(S(=O)(=O)c1c(C)c(C)c3c(c1C)CCC(C)(C)O3)CCC2. The Labute approximate surface area is 322 Å². The number of carbonyl (C=O) groups excluding carboxylic acids is 2. The molecule has 0 N–H and O–H groups in total. The highest BCUT2D eigenvalue weighted by Gasteiger charge is 2.37. The molecule has 2 aliphatic heterocycles. The number of fused-ring (bicyclic) bond motifs is 3. The molecule has 0 radical (unpaired) electrons. The van der Waals surface area contributed by atoms with Gasteiger partial charge in [0.2, 0.25) is 0 Å². The number of benzene rings is 1. The Morgan fingerprint density at radius 2 is 1.35 bits per heavy atom. The van der Waals surface area contributed by atoms with E-state index in [9.17, 15) is 18.0 Å². The first-order chi connectivity index (χ1) is 25.8. The number of esters is 2. The van der Waals surface area contributed by atoms with Crippen molar-refractivity contribution in [1.82, 2.24) is 9.97 Å². The van der Waals surface area contributed by atoms with E-state index in [0.29, 0.717) is 42.9 Å². The highest BCUT2D eigenvalue weighted by molar-refractivity contribution is 7.93. The Kier molecular flexibility index (Phi) is 13.8. The summed E-state index contributed by atoms with van der Waals surface area (Å²) in [7, 11) is -0.994. The molecule has 11 heteroatoms. The van der Waals surface area contributed by atoms with Crippen LogP contribution < -0.4 is 9.04 Å². The van der Waals surface area contributed by atoms with Gasteiger partial charge >= 0.3 is 11.9 Å². The second kappa shape index (κ2) is 18.1. The first-order valence-electron chi connectivity index (χ1n) is 19.7. The summed E-state index contributed by atoms with van der Waals surface area (Å²) >= 11 is 0. The maximum atomic E-state index is 14.2. The summed E-state index contributed by atoms with van der Waals surface area (Å²) in [6.45, 7) is 10.3. The quantitative estimate of drug-likeness (QED) is 0.133. The van der Waals surface area contributed by atoms with Crippen molar-refractivity contribution in [2.75, 3.05) is 25.1 Å². The Balaban J connectivity index is 0.000000260. The molecule has 3 aliphatic rings. The molecule has 0 fully saturated rings. The molecule has 1 aromatic carbocycles. The van der Waals surface area contributed by atoms with Crippen molar-refractivity contribution in [3.8, 4) is 5.75 Å². The second-order valence-corrected chi connectivity index (χ2v) is 17.3. The van der Waals surface area contributed by atoms with Crippen LogP contribution in [0, 0.1) is 20.8 Å². The Bertz CT molecular complexity index is 1940. The van der Waals surface area contributed by atoms with Crippen molar-refractivity contribution in [2.45, 2.75) is 148 Å². The Morgan fingerprint density at radius 3 is 2.00 bits per heavy atom. The number of unbranched alkanes of at least 4 members (excludes halogenated alkanes) is 2. The fourth-order valence-corrected chi connectivity index (χ4v) is 9.81.